The summed E-state index contributed by atoms with van der Waals surface area (Å²) in [6, 6.07) is 7.03. The Kier molecular flexibility index (Phi) is 4.98. The first kappa shape index (κ1) is 22.1. The fourth-order valence-electron chi connectivity index (χ4n) is 3.70. The van der Waals surface area contributed by atoms with Crippen molar-refractivity contribution in [1.82, 2.24) is 15.3 Å². The Hall–Kier alpha value is -3.10. The summed E-state index contributed by atoms with van der Waals surface area (Å²) >= 11 is 0. The van der Waals surface area contributed by atoms with E-state index in [1.165, 1.54) is 24.3 Å². The fraction of sp³-hybridized carbons (Fsp3) is 0.391. The van der Waals surface area contributed by atoms with E-state index in [-0.39, 0.29) is 36.1 Å². The Balaban J connectivity index is 1.56. The van der Waals surface area contributed by atoms with Crippen molar-refractivity contribution in [3.63, 3.8) is 0 Å². The summed E-state index contributed by atoms with van der Waals surface area (Å²) < 4.78 is 54.0. The number of nitrogens with zero attached hydrogens (tertiary/aromatic N) is 1. The van der Waals surface area contributed by atoms with Crippen molar-refractivity contribution in [3.8, 4) is 5.75 Å². The van der Waals surface area contributed by atoms with E-state index in [0.29, 0.717) is 22.4 Å². The second-order valence-corrected chi connectivity index (χ2v) is 9.34. The molecule has 4 rings (SSSR count). The Morgan fingerprint density at radius 3 is 2.47 bits per heavy atom. The summed E-state index contributed by atoms with van der Waals surface area (Å²) in [5.74, 6) is -0.911. The zero-order chi connectivity index (χ0) is 23.5. The number of aromatic hydroxyl groups is 1. The van der Waals surface area contributed by atoms with Crippen LogP contribution in [0.1, 0.15) is 60.9 Å². The van der Waals surface area contributed by atoms with Gasteiger partial charge in [-0.25, -0.2) is 9.37 Å². The number of imidazole rings is 1. The molecule has 1 amide bonds. The maximum absolute atomic E-state index is 14.6. The summed E-state index contributed by atoms with van der Waals surface area (Å²) in [4.78, 5) is 19.7. The topological polar surface area (TPSA) is 78.0 Å². The number of benzene rings is 2. The molecule has 2 aromatic carbocycles. The van der Waals surface area contributed by atoms with Crippen LogP contribution in [-0.4, -0.2) is 32.7 Å². The van der Waals surface area contributed by atoms with Crippen LogP contribution in [0.25, 0.3) is 11.0 Å². The molecule has 1 heterocycles. The number of hydrogen-bond acceptors (Lipinski definition) is 3. The van der Waals surface area contributed by atoms with E-state index in [1.54, 1.807) is 6.07 Å². The number of nitrogens with one attached hydrogen (secondary N) is 2. The highest BCUT2D eigenvalue weighted by Crippen LogP contribution is 2.49. The second kappa shape index (κ2) is 7.21. The number of aromatic nitrogens is 2. The predicted molar refractivity (Wildman–Crippen MR) is 111 cm³/mol. The van der Waals surface area contributed by atoms with E-state index in [4.69, 9.17) is 0 Å². The number of halogens is 4. The van der Waals surface area contributed by atoms with Crippen molar-refractivity contribution >= 4 is 16.9 Å². The lowest BCUT2D eigenvalue weighted by molar-refractivity contribution is -0.163. The van der Waals surface area contributed by atoms with Gasteiger partial charge < -0.3 is 15.4 Å². The number of fused-ring (bicyclic) bond motifs is 1. The molecule has 3 aromatic rings. The fourth-order valence-corrected chi connectivity index (χ4v) is 3.70. The molecule has 9 heteroatoms. The van der Waals surface area contributed by atoms with Crippen molar-refractivity contribution < 1.29 is 27.5 Å². The zero-order valence-corrected chi connectivity index (χ0v) is 17.8. The van der Waals surface area contributed by atoms with Crippen LogP contribution >= 0.6 is 0 Å². The molecule has 0 spiro atoms. The van der Waals surface area contributed by atoms with Crippen LogP contribution in [0.4, 0.5) is 17.6 Å². The minimum atomic E-state index is -4.50. The van der Waals surface area contributed by atoms with E-state index >= 15 is 0 Å². The second-order valence-electron chi connectivity index (χ2n) is 9.34. The zero-order valence-electron chi connectivity index (χ0n) is 17.8. The molecular formula is C23H23F4N3O2. The van der Waals surface area contributed by atoms with Gasteiger partial charge in [0, 0.05) is 17.5 Å². The van der Waals surface area contributed by atoms with Crippen molar-refractivity contribution in [1.29, 1.82) is 0 Å². The third-order valence-electron chi connectivity index (χ3n) is 5.77. The number of amides is 1. The maximum Gasteiger partial charge on any atom is 0.411 e. The lowest BCUT2D eigenvalue weighted by atomic mass is 9.85. The van der Waals surface area contributed by atoms with Crippen LogP contribution in [0.3, 0.4) is 0 Å². The summed E-state index contributed by atoms with van der Waals surface area (Å²) in [6.07, 6.45) is -4.70. The Morgan fingerprint density at radius 2 is 1.88 bits per heavy atom. The van der Waals surface area contributed by atoms with E-state index in [2.05, 4.69) is 15.3 Å². The summed E-state index contributed by atoms with van der Waals surface area (Å²) in [5.41, 5.74) is -0.839. The average Bonchev–Trinajstić information content (AvgIpc) is 3.35. The molecule has 170 valence electrons. The van der Waals surface area contributed by atoms with E-state index in [1.807, 2.05) is 20.8 Å². The molecule has 0 bridgehead atoms. The number of carbonyl (C=O) groups is 1. The SMILES string of the molecule is CC(C)(C)c1cc(F)c(Cc2nc3cc(C(=O)NC4(C(F)(F)F)CC4)ccc3[nH]2)cc1O. The highest BCUT2D eigenvalue weighted by atomic mass is 19.4. The smallest absolute Gasteiger partial charge is 0.411 e. The van der Waals surface area contributed by atoms with Gasteiger partial charge in [-0.1, -0.05) is 20.8 Å². The molecule has 0 aliphatic heterocycles. The van der Waals surface area contributed by atoms with Crippen LogP contribution in [0.5, 0.6) is 5.75 Å². The van der Waals surface area contributed by atoms with Crippen molar-refractivity contribution in [3.05, 3.63) is 58.7 Å². The average molecular weight is 449 g/mol. The molecule has 0 atom stereocenters. The van der Waals surface area contributed by atoms with Gasteiger partial charge in [-0.2, -0.15) is 13.2 Å². The van der Waals surface area contributed by atoms with Crippen LogP contribution in [0.15, 0.2) is 30.3 Å². The van der Waals surface area contributed by atoms with E-state index < -0.39 is 28.9 Å². The first-order valence-corrected chi connectivity index (χ1v) is 10.2. The number of hydrogen-bond donors (Lipinski definition) is 3. The van der Waals surface area contributed by atoms with E-state index in [0.717, 1.165) is 0 Å². The minimum Gasteiger partial charge on any atom is -0.508 e. The maximum atomic E-state index is 14.6. The quantitative estimate of drug-likeness (QED) is 0.484. The minimum absolute atomic E-state index is 0.0114. The normalized spacial score (nSPS) is 15.7. The first-order chi connectivity index (χ1) is 14.8. The molecular weight excluding hydrogens is 426 g/mol. The molecule has 5 nitrogen and oxygen atoms in total. The van der Waals surface area contributed by atoms with Crippen LogP contribution in [-0.2, 0) is 11.8 Å². The standard InChI is InChI=1S/C23H23F4N3O2/c1-21(2,3)14-11-15(24)13(9-18(14)31)10-19-28-16-5-4-12(8-17(16)29-19)20(32)30-22(6-7-22)23(25,26)27/h4-5,8-9,11,31H,6-7,10H2,1-3H3,(H,28,29)(H,30,32). The molecule has 0 radical (unpaired) electrons. The highest BCUT2D eigenvalue weighted by molar-refractivity contribution is 5.98. The molecule has 32 heavy (non-hydrogen) atoms. The lowest BCUT2D eigenvalue weighted by Gasteiger charge is -2.21. The molecule has 0 saturated heterocycles. The van der Waals surface area contributed by atoms with Crippen LogP contribution in [0.2, 0.25) is 0 Å². The predicted octanol–water partition coefficient (Wildman–Crippen LogP) is 5.12. The van der Waals surface area contributed by atoms with Crippen molar-refractivity contribution in [2.24, 2.45) is 0 Å². The van der Waals surface area contributed by atoms with E-state index in [9.17, 15) is 27.5 Å². The Bertz CT molecular complexity index is 1200. The Labute approximate surface area is 181 Å². The van der Waals surface area contributed by atoms with Gasteiger partial charge in [0.25, 0.3) is 5.91 Å². The van der Waals surface area contributed by atoms with Gasteiger partial charge >= 0.3 is 6.18 Å². The lowest BCUT2D eigenvalue weighted by Crippen LogP contribution is -2.47. The molecule has 1 aliphatic rings. The third-order valence-corrected chi connectivity index (χ3v) is 5.77. The molecule has 1 aliphatic carbocycles. The summed E-state index contributed by atoms with van der Waals surface area (Å²) in [7, 11) is 0. The van der Waals surface area contributed by atoms with Gasteiger partial charge in [-0.15, -0.1) is 0 Å². The monoisotopic (exact) mass is 449 g/mol. The van der Waals surface area contributed by atoms with Crippen LogP contribution < -0.4 is 5.32 Å². The third kappa shape index (κ3) is 4.03. The van der Waals surface area contributed by atoms with Gasteiger partial charge in [0.2, 0.25) is 0 Å². The first-order valence-electron chi connectivity index (χ1n) is 10.2. The van der Waals surface area contributed by atoms with Gasteiger partial charge in [0.15, 0.2) is 0 Å². The van der Waals surface area contributed by atoms with Gasteiger partial charge in [0.05, 0.1) is 11.0 Å². The van der Waals surface area contributed by atoms with Crippen molar-refractivity contribution in [2.45, 2.75) is 57.2 Å². The number of alkyl halides is 3. The van der Waals surface area contributed by atoms with Crippen LogP contribution in [0, 0.1) is 5.82 Å². The Morgan fingerprint density at radius 1 is 1.19 bits per heavy atom. The number of carbonyl (C=O) groups excluding carboxylic acids is 1. The van der Waals surface area contributed by atoms with Gasteiger partial charge in [-0.05, 0) is 54.2 Å². The summed E-state index contributed by atoms with van der Waals surface area (Å²) in [6.45, 7) is 5.61. The number of H-pyrrole nitrogens is 1. The number of aromatic amines is 1. The van der Waals surface area contributed by atoms with Gasteiger partial charge in [0.1, 0.15) is 22.9 Å². The molecule has 1 fully saturated rings. The molecule has 3 N–H and O–H groups in total. The molecule has 1 saturated carbocycles. The largest absolute Gasteiger partial charge is 0.508 e. The number of phenolic OH excluding ortho intramolecular Hbond substituents is 1. The highest BCUT2D eigenvalue weighted by Gasteiger charge is 2.64. The number of rotatable bonds is 4. The molecule has 1 aromatic heterocycles. The van der Waals surface area contributed by atoms with Crippen molar-refractivity contribution in [2.75, 3.05) is 0 Å². The van der Waals surface area contributed by atoms with Gasteiger partial charge in [-0.3, -0.25) is 4.79 Å². The molecule has 0 unspecified atom stereocenters. The number of phenols is 1. The summed E-state index contributed by atoms with van der Waals surface area (Å²) in [5, 5.41) is 12.4.